The van der Waals surface area contributed by atoms with E-state index in [9.17, 15) is 9.59 Å². The van der Waals surface area contributed by atoms with Crippen LogP contribution in [0.2, 0.25) is 0 Å². The molecule has 1 aliphatic heterocycles. The van der Waals surface area contributed by atoms with Gasteiger partial charge in [0.1, 0.15) is 11.4 Å². The first-order valence-electron chi connectivity index (χ1n) is 10.5. The molecule has 0 N–H and O–H groups in total. The molecule has 0 spiro atoms. The van der Waals surface area contributed by atoms with Crippen molar-refractivity contribution in [3.8, 4) is 5.75 Å². The Morgan fingerprint density at radius 1 is 0.875 bits per heavy atom. The van der Waals surface area contributed by atoms with E-state index in [1.165, 1.54) is 4.90 Å². The van der Waals surface area contributed by atoms with Crippen molar-refractivity contribution >= 4 is 23.1 Å². The SMILES string of the molecule is COCCN(CCOC)C1=C(c2ccccc2OC)C(=O)N(c2cc(C)ccc2C)C1=O. The van der Waals surface area contributed by atoms with Crippen LogP contribution in [0.4, 0.5) is 5.69 Å². The fourth-order valence-electron chi connectivity index (χ4n) is 3.82. The third kappa shape index (κ3) is 4.54. The zero-order valence-electron chi connectivity index (χ0n) is 19.3. The van der Waals surface area contributed by atoms with Crippen molar-refractivity contribution in [1.29, 1.82) is 0 Å². The van der Waals surface area contributed by atoms with Crippen LogP contribution in [0.3, 0.4) is 0 Å². The topological polar surface area (TPSA) is 68.3 Å². The van der Waals surface area contributed by atoms with Gasteiger partial charge in [-0.2, -0.15) is 0 Å². The van der Waals surface area contributed by atoms with Crippen molar-refractivity contribution in [1.82, 2.24) is 4.90 Å². The number of imide groups is 1. The second-order valence-corrected chi connectivity index (χ2v) is 7.63. The predicted octanol–water partition coefficient (Wildman–Crippen LogP) is 3.19. The van der Waals surface area contributed by atoms with Crippen LogP contribution in [0.15, 0.2) is 48.2 Å². The lowest BCUT2D eigenvalue weighted by Crippen LogP contribution is -2.38. The van der Waals surface area contributed by atoms with E-state index < -0.39 is 0 Å². The van der Waals surface area contributed by atoms with Crippen molar-refractivity contribution in [3.05, 3.63) is 64.9 Å². The number of nitrogens with zero attached hydrogens (tertiary/aromatic N) is 2. The molecule has 7 heteroatoms. The number of hydrogen-bond donors (Lipinski definition) is 0. The van der Waals surface area contributed by atoms with Gasteiger partial charge in [0.2, 0.25) is 0 Å². The van der Waals surface area contributed by atoms with Gasteiger partial charge < -0.3 is 19.1 Å². The minimum atomic E-state index is -0.372. The minimum absolute atomic E-state index is 0.320. The summed E-state index contributed by atoms with van der Waals surface area (Å²) in [5, 5.41) is 0. The summed E-state index contributed by atoms with van der Waals surface area (Å²) >= 11 is 0. The summed E-state index contributed by atoms with van der Waals surface area (Å²) in [5.74, 6) is -0.206. The number of aryl methyl sites for hydroxylation is 2. The third-order valence-corrected chi connectivity index (χ3v) is 5.49. The molecule has 0 aromatic heterocycles. The van der Waals surface area contributed by atoms with Gasteiger partial charge in [-0.15, -0.1) is 0 Å². The molecular weight excluding hydrogens is 408 g/mol. The smallest absolute Gasteiger partial charge is 0.282 e. The maximum atomic E-state index is 13.8. The normalized spacial score (nSPS) is 13.8. The van der Waals surface area contributed by atoms with Gasteiger partial charge in [-0.1, -0.05) is 30.3 Å². The maximum absolute atomic E-state index is 13.8. The summed E-state index contributed by atoms with van der Waals surface area (Å²) in [7, 11) is 4.76. The largest absolute Gasteiger partial charge is 0.496 e. The molecule has 0 saturated carbocycles. The van der Waals surface area contributed by atoms with Crippen LogP contribution in [-0.2, 0) is 19.1 Å². The van der Waals surface area contributed by atoms with Crippen LogP contribution < -0.4 is 9.64 Å². The van der Waals surface area contributed by atoms with E-state index in [-0.39, 0.29) is 11.8 Å². The lowest BCUT2D eigenvalue weighted by molar-refractivity contribution is -0.120. The lowest BCUT2D eigenvalue weighted by atomic mass is 10.0. The highest BCUT2D eigenvalue weighted by Gasteiger charge is 2.43. The second kappa shape index (κ2) is 10.4. The van der Waals surface area contributed by atoms with Gasteiger partial charge in [0.25, 0.3) is 11.8 Å². The second-order valence-electron chi connectivity index (χ2n) is 7.63. The highest BCUT2D eigenvalue weighted by atomic mass is 16.5. The van der Waals surface area contributed by atoms with Gasteiger partial charge in [0.15, 0.2) is 0 Å². The summed E-state index contributed by atoms with van der Waals surface area (Å²) in [6, 6.07) is 13.0. The summed E-state index contributed by atoms with van der Waals surface area (Å²) in [6.07, 6.45) is 0. The molecule has 0 unspecified atom stereocenters. The fourth-order valence-corrected chi connectivity index (χ4v) is 3.82. The van der Waals surface area contributed by atoms with Gasteiger partial charge in [-0.05, 0) is 37.1 Å². The molecule has 0 atom stereocenters. The van der Waals surface area contributed by atoms with Gasteiger partial charge >= 0.3 is 0 Å². The number of anilines is 1. The number of carbonyl (C=O) groups excluding carboxylic acids is 2. The average molecular weight is 439 g/mol. The lowest BCUT2D eigenvalue weighted by Gasteiger charge is -2.26. The molecule has 1 heterocycles. The molecule has 32 heavy (non-hydrogen) atoms. The van der Waals surface area contributed by atoms with Crippen molar-refractivity contribution in [3.63, 3.8) is 0 Å². The van der Waals surface area contributed by atoms with E-state index in [4.69, 9.17) is 14.2 Å². The number of benzene rings is 2. The van der Waals surface area contributed by atoms with Crippen molar-refractivity contribution < 1.29 is 23.8 Å². The molecule has 0 saturated heterocycles. The zero-order valence-corrected chi connectivity index (χ0v) is 19.3. The van der Waals surface area contributed by atoms with E-state index in [1.807, 2.05) is 49.1 Å². The summed E-state index contributed by atoms with van der Waals surface area (Å²) in [4.78, 5) is 30.8. The highest BCUT2D eigenvalue weighted by Crippen LogP contribution is 2.39. The number of ether oxygens (including phenoxy) is 3. The minimum Gasteiger partial charge on any atom is -0.496 e. The number of methoxy groups -OCH3 is 3. The average Bonchev–Trinajstić information content (AvgIpc) is 3.05. The first-order chi connectivity index (χ1) is 15.4. The van der Waals surface area contributed by atoms with E-state index in [0.29, 0.717) is 54.6 Å². The van der Waals surface area contributed by atoms with E-state index >= 15 is 0 Å². The van der Waals surface area contributed by atoms with Crippen molar-refractivity contribution in [2.24, 2.45) is 0 Å². The summed E-state index contributed by atoms with van der Waals surface area (Å²) in [5.41, 5.74) is 3.62. The molecule has 0 fully saturated rings. The molecule has 2 aromatic carbocycles. The number of para-hydroxylation sites is 1. The molecule has 3 rings (SSSR count). The molecular formula is C25H30N2O5. The molecule has 0 bridgehead atoms. The van der Waals surface area contributed by atoms with Crippen LogP contribution in [0.25, 0.3) is 5.57 Å². The van der Waals surface area contributed by atoms with E-state index in [0.717, 1.165) is 11.1 Å². The Balaban J connectivity index is 2.21. The van der Waals surface area contributed by atoms with E-state index in [1.54, 1.807) is 33.5 Å². The number of rotatable bonds is 10. The van der Waals surface area contributed by atoms with Crippen LogP contribution in [0.5, 0.6) is 5.75 Å². The van der Waals surface area contributed by atoms with Crippen LogP contribution >= 0.6 is 0 Å². The molecule has 7 nitrogen and oxygen atoms in total. The molecule has 2 aromatic rings. The monoisotopic (exact) mass is 438 g/mol. The fraction of sp³-hybridized carbons (Fsp3) is 0.360. The molecule has 2 amide bonds. The van der Waals surface area contributed by atoms with E-state index in [2.05, 4.69) is 0 Å². The van der Waals surface area contributed by atoms with Gasteiger partial charge in [-0.25, -0.2) is 4.90 Å². The van der Waals surface area contributed by atoms with Crippen molar-refractivity contribution in [2.45, 2.75) is 13.8 Å². The van der Waals surface area contributed by atoms with Gasteiger partial charge in [0.05, 0.1) is 31.6 Å². The molecule has 0 aliphatic carbocycles. The third-order valence-electron chi connectivity index (χ3n) is 5.49. The summed E-state index contributed by atoms with van der Waals surface area (Å²) in [6.45, 7) is 5.51. The number of carbonyl (C=O) groups is 2. The number of hydrogen-bond acceptors (Lipinski definition) is 6. The Morgan fingerprint density at radius 3 is 2.16 bits per heavy atom. The predicted molar refractivity (Wildman–Crippen MR) is 124 cm³/mol. The molecule has 0 radical (unpaired) electrons. The van der Waals surface area contributed by atoms with Crippen LogP contribution in [0, 0.1) is 13.8 Å². The standard InChI is InChI=1S/C25H30N2O5/c1-17-10-11-18(2)20(16-17)27-24(28)22(19-8-6-7-9-21(19)32-5)23(25(27)29)26(12-14-30-3)13-15-31-4/h6-11,16H,12-15H2,1-5H3. The Morgan fingerprint density at radius 2 is 1.53 bits per heavy atom. The zero-order chi connectivity index (χ0) is 23.3. The Bertz CT molecular complexity index is 1020. The Hall–Kier alpha value is -3.16. The van der Waals surface area contributed by atoms with Crippen LogP contribution in [-0.4, -0.2) is 64.3 Å². The Kier molecular flexibility index (Phi) is 7.66. The summed E-state index contributed by atoms with van der Waals surface area (Å²) < 4.78 is 16.1. The van der Waals surface area contributed by atoms with Crippen LogP contribution in [0.1, 0.15) is 16.7 Å². The molecule has 170 valence electrons. The highest BCUT2D eigenvalue weighted by molar-refractivity contribution is 6.45. The van der Waals surface area contributed by atoms with Gasteiger partial charge in [0, 0.05) is 32.9 Å². The first kappa shape index (κ1) is 23.5. The first-order valence-corrected chi connectivity index (χ1v) is 10.5. The van der Waals surface area contributed by atoms with Crippen molar-refractivity contribution in [2.75, 3.05) is 52.5 Å². The molecule has 1 aliphatic rings. The van der Waals surface area contributed by atoms with Gasteiger partial charge in [-0.3, -0.25) is 9.59 Å². The maximum Gasteiger partial charge on any atom is 0.282 e. The quantitative estimate of drug-likeness (QED) is 0.531. The number of amides is 2. The Labute approximate surface area is 189 Å².